The summed E-state index contributed by atoms with van der Waals surface area (Å²) in [5.41, 5.74) is 2.12. The second-order valence-electron chi connectivity index (χ2n) is 7.36. The average molecular weight is 370 g/mol. The summed E-state index contributed by atoms with van der Waals surface area (Å²) in [7, 11) is 3.27. The number of carbonyl (C=O) groups excluding carboxylic acids is 1. The molecular formula is C20H26N4O3. The van der Waals surface area contributed by atoms with E-state index in [1.54, 1.807) is 14.2 Å². The van der Waals surface area contributed by atoms with Gasteiger partial charge in [-0.1, -0.05) is 11.3 Å². The van der Waals surface area contributed by atoms with Crippen molar-refractivity contribution in [1.82, 2.24) is 19.9 Å². The van der Waals surface area contributed by atoms with Crippen LogP contribution in [0.5, 0.6) is 11.5 Å². The van der Waals surface area contributed by atoms with Crippen LogP contribution in [0.25, 0.3) is 0 Å². The maximum atomic E-state index is 12.7. The molecule has 27 heavy (non-hydrogen) atoms. The first kappa shape index (κ1) is 17.8. The van der Waals surface area contributed by atoms with E-state index >= 15 is 0 Å². The van der Waals surface area contributed by atoms with Gasteiger partial charge >= 0.3 is 0 Å². The molecule has 1 aromatic carbocycles. The zero-order valence-electron chi connectivity index (χ0n) is 15.9. The molecule has 2 aromatic rings. The van der Waals surface area contributed by atoms with Crippen molar-refractivity contribution in [3.8, 4) is 11.5 Å². The van der Waals surface area contributed by atoms with Gasteiger partial charge in [0.2, 0.25) is 5.91 Å². The second kappa shape index (κ2) is 7.58. The summed E-state index contributed by atoms with van der Waals surface area (Å²) in [4.78, 5) is 14.6. The van der Waals surface area contributed by atoms with Crippen molar-refractivity contribution in [1.29, 1.82) is 0 Å². The van der Waals surface area contributed by atoms with Gasteiger partial charge in [-0.05, 0) is 37.3 Å². The summed E-state index contributed by atoms with van der Waals surface area (Å²) in [6.07, 6.45) is 6.58. The van der Waals surface area contributed by atoms with Crippen LogP contribution in [0.3, 0.4) is 0 Å². The largest absolute Gasteiger partial charge is 0.497 e. The number of aryl methyl sites for hydroxylation is 1. The molecule has 7 heteroatoms. The van der Waals surface area contributed by atoms with Crippen LogP contribution < -0.4 is 9.47 Å². The van der Waals surface area contributed by atoms with Crippen LogP contribution in [0.2, 0.25) is 0 Å². The van der Waals surface area contributed by atoms with E-state index in [0.717, 1.165) is 35.7 Å². The molecule has 1 amide bonds. The van der Waals surface area contributed by atoms with E-state index in [0.29, 0.717) is 25.3 Å². The van der Waals surface area contributed by atoms with Crippen molar-refractivity contribution in [2.75, 3.05) is 27.3 Å². The maximum absolute atomic E-state index is 12.7. The minimum Gasteiger partial charge on any atom is -0.497 e. The molecule has 2 aliphatic rings. The summed E-state index contributed by atoms with van der Waals surface area (Å²) in [6.45, 7) is 1.49. The van der Waals surface area contributed by atoms with E-state index < -0.39 is 0 Å². The number of methoxy groups -OCH3 is 2. The van der Waals surface area contributed by atoms with Crippen LogP contribution in [0.4, 0.5) is 0 Å². The maximum Gasteiger partial charge on any atom is 0.222 e. The first-order valence-corrected chi connectivity index (χ1v) is 9.58. The number of hydrogen-bond acceptors (Lipinski definition) is 5. The first-order chi connectivity index (χ1) is 13.2. The van der Waals surface area contributed by atoms with Crippen molar-refractivity contribution >= 4 is 5.91 Å². The molecule has 1 atom stereocenters. The summed E-state index contributed by atoms with van der Waals surface area (Å²) in [5.74, 6) is 2.30. The molecule has 7 nitrogen and oxygen atoms in total. The molecular weight excluding hydrogens is 344 g/mol. The van der Waals surface area contributed by atoms with Crippen molar-refractivity contribution in [2.24, 2.45) is 0 Å². The molecule has 2 heterocycles. The highest BCUT2D eigenvalue weighted by atomic mass is 16.5. The number of likely N-dealkylation sites (tertiary alicyclic amines) is 1. The third kappa shape index (κ3) is 3.91. The fraction of sp³-hybridized carbons (Fsp3) is 0.550. The standard InChI is InChI=1S/C20H26N4O3/c1-26-17-7-5-15(19(11-17)27-2)6-8-20(25)23-10-9-16(12-23)24-13-18(21-22-24)14-3-4-14/h5,7,11,13-14,16H,3-4,6,8-10,12H2,1-2H3. The zero-order chi connectivity index (χ0) is 18.8. The molecule has 1 aromatic heterocycles. The van der Waals surface area contributed by atoms with Gasteiger partial charge in [-0.3, -0.25) is 4.79 Å². The van der Waals surface area contributed by atoms with E-state index in [4.69, 9.17) is 9.47 Å². The van der Waals surface area contributed by atoms with Gasteiger partial charge in [0.05, 0.1) is 26.0 Å². The Labute approximate surface area is 159 Å². The number of carbonyl (C=O) groups is 1. The Morgan fingerprint density at radius 1 is 1.22 bits per heavy atom. The molecule has 4 rings (SSSR count). The van der Waals surface area contributed by atoms with Crippen LogP contribution in [0.15, 0.2) is 24.4 Å². The summed E-state index contributed by atoms with van der Waals surface area (Å²) >= 11 is 0. The Bertz CT molecular complexity index is 815. The van der Waals surface area contributed by atoms with Crippen LogP contribution in [0.1, 0.15) is 48.9 Å². The molecule has 0 N–H and O–H groups in total. The Morgan fingerprint density at radius 3 is 2.81 bits per heavy atom. The Hall–Kier alpha value is -2.57. The summed E-state index contributed by atoms with van der Waals surface area (Å²) in [6, 6.07) is 5.96. The van der Waals surface area contributed by atoms with E-state index in [2.05, 4.69) is 16.5 Å². The molecule has 144 valence electrons. The monoisotopic (exact) mass is 370 g/mol. The molecule has 1 aliphatic carbocycles. The number of aromatic nitrogens is 3. The quantitative estimate of drug-likeness (QED) is 0.749. The van der Waals surface area contributed by atoms with Gasteiger partial charge in [-0.2, -0.15) is 0 Å². The third-order valence-corrected chi connectivity index (χ3v) is 5.52. The number of ether oxygens (including phenoxy) is 2. The van der Waals surface area contributed by atoms with Gasteiger partial charge in [-0.25, -0.2) is 4.68 Å². The molecule has 1 saturated heterocycles. The lowest BCUT2D eigenvalue weighted by molar-refractivity contribution is -0.130. The molecule has 0 spiro atoms. The van der Waals surface area contributed by atoms with Gasteiger partial charge in [0, 0.05) is 37.7 Å². The number of hydrogen-bond donors (Lipinski definition) is 0. The van der Waals surface area contributed by atoms with Crippen LogP contribution in [-0.2, 0) is 11.2 Å². The second-order valence-corrected chi connectivity index (χ2v) is 7.36. The molecule has 2 fully saturated rings. The fourth-order valence-electron chi connectivity index (χ4n) is 3.68. The third-order valence-electron chi connectivity index (χ3n) is 5.52. The lowest BCUT2D eigenvalue weighted by Crippen LogP contribution is -2.29. The van der Waals surface area contributed by atoms with E-state index in [-0.39, 0.29) is 11.9 Å². The highest BCUT2D eigenvalue weighted by molar-refractivity contribution is 5.77. The van der Waals surface area contributed by atoms with Crippen molar-refractivity contribution in [3.05, 3.63) is 35.7 Å². The highest BCUT2D eigenvalue weighted by Crippen LogP contribution is 2.39. The minimum absolute atomic E-state index is 0.179. The van der Waals surface area contributed by atoms with Gasteiger partial charge in [0.1, 0.15) is 11.5 Å². The van der Waals surface area contributed by atoms with E-state index in [1.807, 2.05) is 27.8 Å². The van der Waals surface area contributed by atoms with Crippen LogP contribution in [0, 0.1) is 0 Å². The highest BCUT2D eigenvalue weighted by Gasteiger charge is 2.31. The Balaban J connectivity index is 1.32. The first-order valence-electron chi connectivity index (χ1n) is 9.58. The molecule has 0 radical (unpaired) electrons. The lowest BCUT2D eigenvalue weighted by atomic mass is 10.1. The molecule has 1 unspecified atom stereocenters. The predicted molar refractivity (Wildman–Crippen MR) is 100 cm³/mol. The molecule has 1 saturated carbocycles. The molecule has 0 bridgehead atoms. The van der Waals surface area contributed by atoms with Gasteiger partial charge in [0.25, 0.3) is 0 Å². The van der Waals surface area contributed by atoms with Gasteiger partial charge in [-0.15, -0.1) is 5.10 Å². The number of nitrogens with zero attached hydrogens (tertiary/aromatic N) is 4. The smallest absolute Gasteiger partial charge is 0.222 e. The number of benzene rings is 1. The van der Waals surface area contributed by atoms with Crippen molar-refractivity contribution in [2.45, 2.75) is 44.1 Å². The van der Waals surface area contributed by atoms with Gasteiger partial charge < -0.3 is 14.4 Å². The average Bonchev–Trinajstić information content (AvgIpc) is 3.22. The normalized spacial score (nSPS) is 19.3. The lowest BCUT2D eigenvalue weighted by Gasteiger charge is -2.17. The predicted octanol–water partition coefficient (Wildman–Crippen LogP) is 2.58. The van der Waals surface area contributed by atoms with Crippen molar-refractivity contribution in [3.63, 3.8) is 0 Å². The SMILES string of the molecule is COc1ccc(CCC(=O)N2CCC(n3cc(C4CC4)nn3)C2)c(OC)c1. The van der Waals surface area contributed by atoms with Crippen LogP contribution in [-0.4, -0.2) is 53.1 Å². The topological polar surface area (TPSA) is 69.5 Å². The number of amides is 1. The Kier molecular flexibility index (Phi) is 5.01. The van der Waals surface area contributed by atoms with E-state index in [1.165, 1.54) is 12.8 Å². The van der Waals surface area contributed by atoms with E-state index in [9.17, 15) is 4.79 Å². The van der Waals surface area contributed by atoms with Crippen molar-refractivity contribution < 1.29 is 14.3 Å². The fourth-order valence-corrected chi connectivity index (χ4v) is 3.68. The zero-order valence-corrected chi connectivity index (χ0v) is 15.9. The summed E-state index contributed by atoms with van der Waals surface area (Å²) in [5, 5.41) is 8.57. The Morgan fingerprint density at radius 2 is 2.07 bits per heavy atom. The minimum atomic E-state index is 0.179. The van der Waals surface area contributed by atoms with Crippen LogP contribution >= 0.6 is 0 Å². The summed E-state index contributed by atoms with van der Waals surface area (Å²) < 4.78 is 12.6. The molecule has 1 aliphatic heterocycles. The van der Waals surface area contributed by atoms with Gasteiger partial charge in [0.15, 0.2) is 0 Å². The number of rotatable bonds is 7.